The van der Waals surface area contributed by atoms with Crippen LogP contribution in [0.15, 0.2) is 28.6 Å². The highest BCUT2D eigenvalue weighted by atomic mass is 35.5. The molecule has 0 spiro atoms. The van der Waals surface area contributed by atoms with Crippen LogP contribution in [0.4, 0.5) is 5.13 Å². The maximum Gasteiger partial charge on any atom is 0.233 e. The topological polar surface area (TPSA) is 75.3 Å². The van der Waals surface area contributed by atoms with Gasteiger partial charge in [-0.2, -0.15) is 0 Å². The molecule has 1 saturated heterocycles. The Morgan fingerprint density at radius 1 is 1.29 bits per heavy atom. The van der Waals surface area contributed by atoms with Crippen LogP contribution >= 0.6 is 34.7 Å². The molecule has 6 nitrogen and oxygen atoms in total. The molecular formula is C15H18ClN5OS2. The molecule has 0 saturated carbocycles. The van der Waals surface area contributed by atoms with Crippen molar-refractivity contribution in [3.63, 3.8) is 0 Å². The van der Waals surface area contributed by atoms with E-state index < -0.39 is 0 Å². The van der Waals surface area contributed by atoms with Gasteiger partial charge in [0.2, 0.25) is 11.0 Å². The Balaban J connectivity index is 1.43. The normalized spacial score (nSPS) is 15.6. The van der Waals surface area contributed by atoms with Crippen molar-refractivity contribution in [2.24, 2.45) is 0 Å². The Bertz CT molecular complexity index is 703. The number of aromatic nitrogens is 2. The maximum atomic E-state index is 12.3. The molecule has 1 aliphatic heterocycles. The van der Waals surface area contributed by atoms with Crippen molar-refractivity contribution in [1.82, 2.24) is 20.0 Å². The van der Waals surface area contributed by atoms with Crippen molar-refractivity contribution in [3.05, 3.63) is 34.9 Å². The van der Waals surface area contributed by atoms with E-state index in [0.717, 1.165) is 42.1 Å². The molecule has 1 amide bonds. The van der Waals surface area contributed by atoms with E-state index in [0.29, 0.717) is 10.9 Å². The second-order valence-electron chi connectivity index (χ2n) is 5.48. The van der Waals surface area contributed by atoms with Crippen LogP contribution in [0.1, 0.15) is 5.56 Å². The van der Waals surface area contributed by atoms with Gasteiger partial charge in [0.25, 0.3) is 0 Å². The summed E-state index contributed by atoms with van der Waals surface area (Å²) in [6, 6.07) is 7.91. The number of nitrogens with zero attached hydrogens (tertiary/aromatic N) is 4. The number of anilines is 1. The molecule has 0 unspecified atom stereocenters. The number of thioether (sulfide) groups is 1. The molecule has 2 aromatic rings. The third kappa shape index (κ3) is 4.83. The monoisotopic (exact) mass is 383 g/mol. The second-order valence-corrected chi connectivity index (χ2v) is 8.15. The Labute approximate surface area is 154 Å². The number of amides is 1. The first-order valence-electron chi connectivity index (χ1n) is 7.56. The smallest absolute Gasteiger partial charge is 0.233 e. The van der Waals surface area contributed by atoms with Gasteiger partial charge in [0.15, 0.2) is 4.34 Å². The molecule has 24 heavy (non-hydrogen) atoms. The van der Waals surface area contributed by atoms with Crippen LogP contribution < -0.4 is 5.73 Å². The number of halogens is 1. The van der Waals surface area contributed by atoms with Gasteiger partial charge >= 0.3 is 0 Å². The number of hydrogen-bond acceptors (Lipinski definition) is 7. The van der Waals surface area contributed by atoms with Gasteiger partial charge in [-0.25, -0.2) is 0 Å². The summed E-state index contributed by atoms with van der Waals surface area (Å²) in [4.78, 5) is 16.5. The minimum Gasteiger partial charge on any atom is -0.374 e. The summed E-state index contributed by atoms with van der Waals surface area (Å²) in [6.45, 7) is 4.10. The van der Waals surface area contributed by atoms with E-state index in [-0.39, 0.29) is 5.91 Å². The highest BCUT2D eigenvalue weighted by Gasteiger charge is 2.21. The molecule has 0 atom stereocenters. The third-order valence-electron chi connectivity index (χ3n) is 3.76. The lowest BCUT2D eigenvalue weighted by molar-refractivity contribution is -0.130. The van der Waals surface area contributed by atoms with E-state index in [1.54, 1.807) is 0 Å². The summed E-state index contributed by atoms with van der Waals surface area (Å²) >= 11 is 8.73. The van der Waals surface area contributed by atoms with Crippen molar-refractivity contribution in [3.8, 4) is 0 Å². The molecule has 1 aromatic carbocycles. The fraction of sp³-hybridized carbons (Fsp3) is 0.400. The largest absolute Gasteiger partial charge is 0.374 e. The molecule has 1 fully saturated rings. The summed E-state index contributed by atoms with van der Waals surface area (Å²) in [6.07, 6.45) is 0. The molecule has 0 radical (unpaired) electrons. The number of carbonyl (C=O) groups excluding carboxylic acids is 1. The van der Waals surface area contributed by atoms with Crippen molar-refractivity contribution < 1.29 is 4.79 Å². The molecular weight excluding hydrogens is 366 g/mol. The highest BCUT2D eigenvalue weighted by molar-refractivity contribution is 8.01. The van der Waals surface area contributed by atoms with E-state index in [2.05, 4.69) is 21.2 Å². The van der Waals surface area contributed by atoms with E-state index in [1.165, 1.54) is 28.7 Å². The molecule has 128 valence electrons. The van der Waals surface area contributed by atoms with E-state index in [4.69, 9.17) is 17.3 Å². The third-order valence-corrected chi connectivity index (χ3v) is 5.87. The summed E-state index contributed by atoms with van der Waals surface area (Å²) in [5.41, 5.74) is 6.74. The van der Waals surface area contributed by atoms with Crippen LogP contribution in [0.2, 0.25) is 5.02 Å². The van der Waals surface area contributed by atoms with Crippen LogP contribution in [0, 0.1) is 0 Å². The quantitative estimate of drug-likeness (QED) is 0.798. The first-order valence-corrected chi connectivity index (χ1v) is 9.74. The van der Waals surface area contributed by atoms with E-state index in [9.17, 15) is 4.79 Å². The molecule has 1 aromatic heterocycles. The summed E-state index contributed by atoms with van der Waals surface area (Å²) in [7, 11) is 0. The van der Waals surface area contributed by atoms with Gasteiger partial charge in [-0.05, 0) is 17.7 Å². The van der Waals surface area contributed by atoms with Crippen LogP contribution in [-0.4, -0.2) is 57.8 Å². The fourth-order valence-electron chi connectivity index (χ4n) is 2.54. The number of hydrogen-bond donors (Lipinski definition) is 1. The number of nitrogen functional groups attached to an aromatic ring is 1. The number of nitrogens with two attached hydrogens (primary N) is 1. The first kappa shape index (κ1) is 17.5. The van der Waals surface area contributed by atoms with Gasteiger partial charge in [-0.15, -0.1) is 10.2 Å². The van der Waals surface area contributed by atoms with Crippen molar-refractivity contribution in [2.75, 3.05) is 37.7 Å². The second kappa shape index (κ2) is 8.15. The van der Waals surface area contributed by atoms with Gasteiger partial charge in [-0.3, -0.25) is 9.69 Å². The molecule has 2 N–H and O–H groups in total. The van der Waals surface area contributed by atoms with E-state index in [1.807, 2.05) is 23.1 Å². The number of rotatable bonds is 5. The lowest BCUT2D eigenvalue weighted by Gasteiger charge is -2.34. The van der Waals surface area contributed by atoms with Crippen molar-refractivity contribution >= 4 is 45.7 Å². The molecule has 9 heteroatoms. The Morgan fingerprint density at radius 3 is 2.75 bits per heavy atom. The minimum atomic E-state index is 0.135. The predicted octanol–water partition coefficient (Wildman–Crippen LogP) is 2.21. The van der Waals surface area contributed by atoms with Gasteiger partial charge in [-0.1, -0.05) is 46.8 Å². The van der Waals surface area contributed by atoms with Crippen LogP contribution in [-0.2, 0) is 11.3 Å². The zero-order valence-corrected chi connectivity index (χ0v) is 15.4. The maximum absolute atomic E-state index is 12.3. The van der Waals surface area contributed by atoms with Gasteiger partial charge in [0.1, 0.15) is 0 Å². The average Bonchev–Trinajstić information content (AvgIpc) is 2.99. The Kier molecular flexibility index (Phi) is 5.94. The Hall–Kier alpha value is -1.35. The average molecular weight is 384 g/mol. The predicted molar refractivity (Wildman–Crippen MR) is 98.4 cm³/mol. The standard InChI is InChI=1S/C15H18ClN5OS2/c16-12-3-1-2-11(8-12)9-20-4-6-21(7-5-20)13(22)10-23-15-19-18-14(17)24-15/h1-3,8H,4-7,9-10H2,(H2,17,18). The summed E-state index contributed by atoms with van der Waals surface area (Å²) in [5, 5.41) is 8.85. The molecule has 1 aliphatic rings. The molecule has 0 aliphatic carbocycles. The molecule has 3 rings (SSSR count). The zero-order chi connectivity index (χ0) is 16.9. The zero-order valence-electron chi connectivity index (χ0n) is 13.0. The SMILES string of the molecule is Nc1nnc(SCC(=O)N2CCN(Cc3cccc(Cl)c3)CC2)s1. The van der Waals surface area contributed by atoms with Gasteiger partial charge in [0.05, 0.1) is 5.75 Å². The lowest BCUT2D eigenvalue weighted by atomic mass is 10.2. The van der Waals surface area contributed by atoms with E-state index >= 15 is 0 Å². The lowest BCUT2D eigenvalue weighted by Crippen LogP contribution is -2.48. The Morgan fingerprint density at radius 2 is 2.08 bits per heavy atom. The minimum absolute atomic E-state index is 0.135. The first-order chi connectivity index (χ1) is 11.6. The van der Waals surface area contributed by atoms with Crippen LogP contribution in [0.5, 0.6) is 0 Å². The number of piperazine rings is 1. The number of carbonyl (C=O) groups is 1. The fourth-order valence-corrected chi connectivity index (χ4v) is 4.29. The van der Waals surface area contributed by atoms with Crippen LogP contribution in [0.3, 0.4) is 0 Å². The molecule has 2 heterocycles. The van der Waals surface area contributed by atoms with Gasteiger partial charge < -0.3 is 10.6 Å². The van der Waals surface area contributed by atoms with Crippen molar-refractivity contribution in [1.29, 1.82) is 0 Å². The molecule has 0 bridgehead atoms. The number of benzene rings is 1. The van der Waals surface area contributed by atoms with Gasteiger partial charge in [0, 0.05) is 37.7 Å². The van der Waals surface area contributed by atoms with Crippen molar-refractivity contribution in [2.45, 2.75) is 10.9 Å². The highest BCUT2D eigenvalue weighted by Crippen LogP contribution is 2.24. The van der Waals surface area contributed by atoms with Crippen LogP contribution in [0.25, 0.3) is 0 Å². The summed E-state index contributed by atoms with van der Waals surface area (Å²) < 4.78 is 0.737. The summed E-state index contributed by atoms with van der Waals surface area (Å²) in [5.74, 6) is 0.513.